The van der Waals surface area contributed by atoms with Crippen LogP contribution in [0.1, 0.15) is 144 Å². The van der Waals surface area contributed by atoms with Gasteiger partial charge in [-0.3, -0.25) is 0 Å². The third-order valence-corrected chi connectivity index (χ3v) is 12.6. The smallest absolute Gasteiger partial charge is 0.0215 e. The van der Waals surface area contributed by atoms with Gasteiger partial charge in [-0.15, -0.1) is 0 Å². The van der Waals surface area contributed by atoms with Crippen molar-refractivity contribution in [3.63, 3.8) is 0 Å². The average molecular weight is 571 g/mol. The fraction of sp³-hybridized carbons (Fsp3) is 0.535. The minimum atomic E-state index is 0.184. The van der Waals surface area contributed by atoms with E-state index < -0.39 is 0 Å². The van der Waals surface area contributed by atoms with Crippen molar-refractivity contribution in [3.05, 3.63) is 101 Å². The van der Waals surface area contributed by atoms with Crippen molar-refractivity contribution in [1.29, 1.82) is 0 Å². The molecule has 0 saturated heterocycles. The summed E-state index contributed by atoms with van der Waals surface area (Å²) in [5.41, 5.74) is 11.8. The third-order valence-electron chi connectivity index (χ3n) is 12.6. The van der Waals surface area contributed by atoms with Gasteiger partial charge in [-0.2, -0.15) is 0 Å². The number of hydrogen-bond donors (Lipinski definition) is 0. The zero-order chi connectivity index (χ0) is 29.5. The van der Waals surface area contributed by atoms with Crippen LogP contribution in [0.3, 0.4) is 0 Å². The minimum Gasteiger partial charge on any atom is -0.0985 e. The number of unbranched alkanes of at least 4 members (excludes halogenated alkanes) is 6. The lowest BCUT2D eigenvalue weighted by atomic mass is 9.41. The molecule has 3 aromatic carbocycles. The molecule has 2 unspecified atom stereocenters. The maximum Gasteiger partial charge on any atom is 0.0215 e. The van der Waals surface area contributed by atoms with Crippen LogP contribution in [-0.4, -0.2) is 0 Å². The van der Waals surface area contributed by atoms with Crippen LogP contribution in [0.4, 0.5) is 0 Å². The van der Waals surface area contributed by atoms with Crippen LogP contribution in [0, 0.1) is 11.8 Å². The molecule has 0 heterocycles. The van der Waals surface area contributed by atoms with E-state index in [2.05, 4.69) is 87.2 Å². The van der Waals surface area contributed by atoms with E-state index in [0.717, 1.165) is 11.8 Å². The fourth-order valence-electron chi connectivity index (χ4n) is 11.1. The predicted molar refractivity (Wildman–Crippen MR) is 185 cm³/mol. The van der Waals surface area contributed by atoms with E-state index in [1.54, 1.807) is 27.8 Å². The first-order valence-electron chi connectivity index (χ1n) is 18.0. The normalized spacial score (nSPS) is 27.7. The first-order chi connectivity index (χ1) is 21.0. The molecule has 8 rings (SSSR count). The Hall–Kier alpha value is -2.60. The van der Waals surface area contributed by atoms with Gasteiger partial charge in [0.25, 0.3) is 0 Å². The van der Waals surface area contributed by atoms with Crippen molar-refractivity contribution in [1.82, 2.24) is 0 Å². The maximum atomic E-state index is 4.01. The second-order valence-electron chi connectivity index (χ2n) is 15.4. The van der Waals surface area contributed by atoms with Crippen LogP contribution in [0.25, 0.3) is 17.2 Å². The van der Waals surface area contributed by atoms with Crippen LogP contribution < -0.4 is 0 Å². The van der Waals surface area contributed by atoms with Gasteiger partial charge in [-0.05, 0) is 113 Å². The molecule has 3 aromatic rings. The summed E-state index contributed by atoms with van der Waals surface area (Å²) in [6.07, 6.45) is 23.8. The lowest BCUT2D eigenvalue weighted by Crippen LogP contribution is -2.56. The van der Waals surface area contributed by atoms with E-state index in [0.29, 0.717) is 10.8 Å². The van der Waals surface area contributed by atoms with Crippen molar-refractivity contribution in [2.75, 3.05) is 0 Å². The van der Waals surface area contributed by atoms with Crippen LogP contribution in [0.5, 0.6) is 0 Å². The van der Waals surface area contributed by atoms with Crippen molar-refractivity contribution < 1.29 is 0 Å². The highest BCUT2D eigenvalue weighted by Crippen LogP contribution is 2.67. The Kier molecular flexibility index (Phi) is 7.94. The number of rotatable bonds is 13. The van der Waals surface area contributed by atoms with E-state index in [4.69, 9.17) is 0 Å². The highest BCUT2D eigenvalue weighted by Gasteiger charge is 2.59. The van der Waals surface area contributed by atoms with Gasteiger partial charge in [0.15, 0.2) is 0 Å². The molecule has 0 amide bonds. The Morgan fingerprint density at radius 2 is 1.23 bits per heavy atom. The van der Waals surface area contributed by atoms with Gasteiger partial charge in [-0.25, -0.2) is 0 Å². The Balaban J connectivity index is 1.30. The summed E-state index contributed by atoms with van der Waals surface area (Å²) in [7, 11) is 0. The van der Waals surface area contributed by atoms with Crippen LogP contribution in [0.2, 0.25) is 0 Å². The van der Waals surface area contributed by atoms with E-state index >= 15 is 0 Å². The number of fused-ring (bicyclic) bond motifs is 3. The monoisotopic (exact) mass is 570 g/mol. The van der Waals surface area contributed by atoms with Gasteiger partial charge in [-0.1, -0.05) is 145 Å². The lowest BCUT2D eigenvalue weighted by Gasteiger charge is -2.63. The second-order valence-corrected chi connectivity index (χ2v) is 15.4. The standard InChI is InChI=1S/C43H54/c1-4-7-9-13-23-43(24-14-10-8-5-2)39-16-12-11-15-37(39)38-22-21-36(26-40(38)43)42-29-33-25-34(30-42)28-41(27-33,31-42)35-19-17-32(6-3)18-20-35/h6,11-12,15-22,26,33-34H,3-5,7-10,13-14,23-25,27-31H2,1-2H3. The molecule has 0 aromatic heterocycles. The minimum absolute atomic E-state index is 0.184. The quantitative estimate of drug-likeness (QED) is 0.179. The second kappa shape index (κ2) is 11.7. The van der Waals surface area contributed by atoms with E-state index in [9.17, 15) is 0 Å². The van der Waals surface area contributed by atoms with Crippen LogP contribution in [-0.2, 0) is 16.2 Å². The Morgan fingerprint density at radius 3 is 1.86 bits per heavy atom. The molecule has 4 fully saturated rings. The summed E-state index contributed by atoms with van der Waals surface area (Å²) < 4.78 is 0. The van der Waals surface area contributed by atoms with Gasteiger partial charge in [0.1, 0.15) is 0 Å². The maximum absolute atomic E-state index is 4.01. The van der Waals surface area contributed by atoms with Crippen LogP contribution in [0.15, 0.2) is 73.3 Å². The zero-order valence-electron chi connectivity index (χ0n) is 27.1. The lowest BCUT2D eigenvalue weighted by molar-refractivity contribution is -0.0281. The molecule has 226 valence electrons. The molecule has 0 aliphatic heterocycles. The molecule has 0 radical (unpaired) electrons. The molecule has 0 nitrogen and oxygen atoms in total. The third kappa shape index (κ3) is 4.96. The van der Waals surface area contributed by atoms with Gasteiger partial charge >= 0.3 is 0 Å². The summed E-state index contributed by atoms with van der Waals surface area (Å²) in [5.74, 6) is 1.75. The molecule has 0 heteroatoms. The summed E-state index contributed by atoms with van der Waals surface area (Å²) >= 11 is 0. The molecule has 2 atom stereocenters. The van der Waals surface area contributed by atoms with Crippen LogP contribution >= 0.6 is 0 Å². The topological polar surface area (TPSA) is 0 Å². The van der Waals surface area contributed by atoms with Crippen molar-refractivity contribution in [3.8, 4) is 11.1 Å². The summed E-state index contributed by atoms with van der Waals surface area (Å²) in [6.45, 7) is 8.71. The summed E-state index contributed by atoms with van der Waals surface area (Å²) in [6, 6.07) is 27.0. The Labute approximate surface area is 262 Å². The van der Waals surface area contributed by atoms with Crippen molar-refractivity contribution in [2.45, 2.75) is 133 Å². The molecular weight excluding hydrogens is 516 g/mol. The summed E-state index contributed by atoms with van der Waals surface area (Å²) in [5, 5.41) is 0. The largest absolute Gasteiger partial charge is 0.0985 e. The van der Waals surface area contributed by atoms with Crippen molar-refractivity contribution >= 4 is 6.08 Å². The number of benzene rings is 3. The Bertz CT molecular complexity index is 1410. The molecule has 5 aliphatic carbocycles. The molecule has 4 bridgehead atoms. The van der Waals surface area contributed by atoms with Gasteiger partial charge < -0.3 is 0 Å². The number of hydrogen-bond acceptors (Lipinski definition) is 0. The molecule has 43 heavy (non-hydrogen) atoms. The fourth-order valence-corrected chi connectivity index (χ4v) is 11.1. The highest BCUT2D eigenvalue weighted by molar-refractivity contribution is 5.81. The average Bonchev–Trinajstić information content (AvgIpc) is 3.30. The van der Waals surface area contributed by atoms with Gasteiger partial charge in [0.2, 0.25) is 0 Å². The molecular formula is C43H54. The summed E-state index contributed by atoms with van der Waals surface area (Å²) in [4.78, 5) is 0. The van der Waals surface area contributed by atoms with Gasteiger partial charge in [0, 0.05) is 5.41 Å². The molecule has 0 spiro atoms. The van der Waals surface area contributed by atoms with Crippen molar-refractivity contribution in [2.24, 2.45) is 11.8 Å². The highest BCUT2D eigenvalue weighted by atomic mass is 14.6. The molecule has 5 aliphatic rings. The van der Waals surface area contributed by atoms with E-state index in [1.165, 1.54) is 114 Å². The van der Waals surface area contributed by atoms with E-state index in [1.807, 2.05) is 6.08 Å². The first kappa shape index (κ1) is 29.1. The predicted octanol–water partition coefficient (Wildman–Crippen LogP) is 12.3. The molecule has 4 saturated carbocycles. The Morgan fingerprint density at radius 1 is 0.651 bits per heavy atom. The SMILES string of the molecule is C=Cc1ccc(C23CC4CC(C2)CC(c2ccc5c(c2)C(CCCCCC)(CCCCCC)c2ccccc2-5)(C4)C3)cc1. The molecule has 0 N–H and O–H groups in total. The van der Waals surface area contributed by atoms with Gasteiger partial charge in [0.05, 0.1) is 0 Å². The van der Waals surface area contributed by atoms with E-state index in [-0.39, 0.29) is 5.41 Å². The first-order valence-corrected chi connectivity index (χ1v) is 18.0. The zero-order valence-corrected chi connectivity index (χ0v) is 27.1.